The van der Waals surface area contributed by atoms with Crippen LogP contribution in [0.25, 0.3) is 5.95 Å². The minimum absolute atomic E-state index is 0.290. The summed E-state index contributed by atoms with van der Waals surface area (Å²) in [5.74, 6) is 0.370. The number of nitriles is 1. The van der Waals surface area contributed by atoms with Gasteiger partial charge in [0.05, 0.1) is 5.56 Å². The van der Waals surface area contributed by atoms with E-state index < -0.39 is 0 Å². The highest BCUT2D eigenvalue weighted by Gasteiger charge is 2.02. The Balaban J connectivity index is 2.37. The molecule has 2 aromatic rings. The van der Waals surface area contributed by atoms with Crippen LogP contribution >= 0.6 is 0 Å². The largest absolute Gasteiger partial charge is 0.298 e. The highest BCUT2D eigenvalue weighted by atomic mass is 16.1. The Kier molecular flexibility index (Phi) is 2.21. The molecule has 2 rings (SSSR count). The van der Waals surface area contributed by atoms with Crippen LogP contribution in [0.1, 0.15) is 16.1 Å². The summed E-state index contributed by atoms with van der Waals surface area (Å²) in [5, 5.41) is 8.57. The molecule has 0 bridgehead atoms. The summed E-state index contributed by atoms with van der Waals surface area (Å²) in [6.45, 7) is 0. The molecule has 0 aliphatic heterocycles. The predicted octanol–water partition coefficient (Wildman–Crippen LogP) is 0.346. The Labute approximate surface area is 84.9 Å². The topological polar surface area (TPSA) is 84.5 Å². The maximum absolute atomic E-state index is 10.4. The number of imidazole rings is 1. The molecule has 72 valence electrons. The second-order valence-electron chi connectivity index (χ2n) is 2.71. The summed E-state index contributed by atoms with van der Waals surface area (Å²) in [6, 6.07) is 1.90. The van der Waals surface area contributed by atoms with Crippen LogP contribution in [0.2, 0.25) is 0 Å². The normalized spacial score (nSPS) is 9.53. The van der Waals surface area contributed by atoms with E-state index in [0.29, 0.717) is 17.8 Å². The first-order valence-corrected chi connectivity index (χ1v) is 4.05. The van der Waals surface area contributed by atoms with E-state index in [0.717, 1.165) is 0 Å². The maximum atomic E-state index is 10.4. The monoisotopic (exact) mass is 199 g/mol. The highest BCUT2D eigenvalue weighted by molar-refractivity contribution is 5.73. The molecular weight excluding hydrogens is 194 g/mol. The van der Waals surface area contributed by atoms with Crippen LogP contribution in [0.15, 0.2) is 24.9 Å². The standard InChI is InChI=1S/C9H5N5O/c10-1-8-4-14(6-13-8)9-11-2-7(5-15)3-12-9/h2-6H. The van der Waals surface area contributed by atoms with Crippen molar-refractivity contribution in [3.05, 3.63) is 36.2 Å². The van der Waals surface area contributed by atoms with E-state index in [1.54, 1.807) is 0 Å². The van der Waals surface area contributed by atoms with Gasteiger partial charge < -0.3 is 0 Å². The van der Waals surface area contributed by atoms with Crippen molar-refractivity contribution >= 4 is 6.29 Å². The summed E-state index contributed by atoms with van der Waals surface area (Å²) in [6.07, 6.45) is 6.42. The Morgan fingerprint density at radius 3 is 2.60 bits per heavy atom. The third-order valence-corrected chi connectivity index (χ3v) is 1.72. The molecule has 0 saturated carbocycles. The molecule has 0 amide bonds. The molecule has 0 aliphatic rings. The number of carbonyl (C=O) groups excluding carboxylic acids is 1. The molecule has 0 aromatic carbocycles. The second-order valence-corrected chi connectivity index (χ2v) is 2.71. The Morgan fingerprint density at radius 2 is 2.07 bits per heavy atom. The lowest BCUT2D eigenvalue weighted by Gasteiger charge is -1.97. The van der Waals surface area contributed by atoms with Crippen molar-refractivity contribution in [1.82, 2.24) is 19.5 Å². The number of nitrogens with zero attached hydrogens (tertiary/aromatic N) is 5. The quantitative estimate of drug-likeness (QED) is 0.651. The lowest BCUT2D eigenvalue weighted by atomic mass is 10.4. The van der Waals surface area contributed by atoms with Crippen molar-refractivity contribution in [2.24, 2.45) is 0 Å². The van der Waals surface area contributed by atoms with Crippen molar-refractivity contribution in [2.45, 2.75) is 0 Å². The van der Waals surface area contributed by atoms with Crippen molar-refractivity contribution < 1.29 is 4.79 Å². The molecule has 0 aliphatic carbocycles. The van der Waals surface area contributed by atoms with Crippen molar-refractivity contribution in [1.29, 1.82) is 5.26 Å². The minimum atomic E-state index is 0.290. The number of aldehydes is 1. The molecule has 0 atom stereocenters. The lowest BCUT2D eigenvalue weighted by molar-refractivity contribution is 0.112. The molecule has 15 heavy (non-hydrogen) atoms. The molecule has 0 fully saturated rings. The molecule has 2 heterocycles. The van der Waals surface area contributed by atoms with Crippen LogP contribution in [-0.2, 0) is 0 Å². The van der Waals surface area contributed by atoms with E-state index in [4.69, 9.17) is 5.26 Å². The van der Waals surface area contributed by atoms with Crippen molar-refractivity contribution in [3.63, 3.8) is 0 Å². The number of hydrogen-bond acceptors (Lipinski definition) is 5. The van der Waals surface area contributed by atoms with Gasteiger partial charge in [-0.1, -0.05) is 0 Å². The van der Waals surface area contributed by atoms with E-state index in [1.165, 1.54) is 29.5 Å². The highest BCUT2D eigenvalue weighted by Crippen LogP contribution is 2.02. The van der Waals surface area contributed by atoms with E-state index in [1.807, 2.05) is 6.07 Å². The lowest BCUT2D eigenvalue weighted by Crippen LogP contribution is -1.98. The van der Waals surface area contributed by atoms with Crippen LogP contribution in [-0.4, -0.2) is 25.8 Å². The van der Waals surface area contributed by atoms with Crippen LogP contribution in [0, 0.1) is 11.3 Å². The Hall–Kier alpha value is -2.55. The van der Waals surface area contributed by atoms with Gasteiger partial charge in [0.25, 0.3) is 0 Å². The minimum Gasteiger partial charge on any atom is -0.298 e. The smallest absolute Gasteiger partial charge is 0.234 e. The first kappa shape index (κ1) is 9.02. The van der Waals surface area contributed by atoms with Crippen LogP contribution in [0.5, 0.6) is 0 Å². The van der Waals surface area contributed by atoms with Gasteiger partial charge in [0.1, 0.15) is 12.4 Å². The van der Waals surface area contributed by atoms with Crippen molar-refractivity contribution in [3.8, 4) is 12.0 Å². The molecule has 6 nitrogen and oxygen atoms in total. The van der Waals surface area contributed by atoms with Gasteiger partial charge in [-0.3, -0.25) is 9.36 Å². The third kappa shape index (κ3) is 1.71. The summed E-state index contributed by atoms with van der Waals surface area (Å²) in [4.78, 5) is 22.0. The van der Waals surface area contributed by atoms with E-state index >= 15 is 0 Å². The average Bonchev–Trinajstić information content (AvgIpc) is 2.78. The molecule has 0 saturated heterocycles. The SMILES string of the molecule is N#Cc1cn(-c2ncc(C=O)cn2)cn1. The van der Waals surface area contributed by atoms with Gasteiger partial charge in [-0.2, -0.15) is 5.26 Å². The van der Waals surface area contributed by atoms with Gasteiger partial charge in [0.15, 0.2) is 12.0 Å². The zero-order valence-electron chi connectivity index (χ0n) is 7.53. The number of rotatable bonds is 2. The van der Waals surface area contributed by atoms with E-state index in [2.05, 4.69) is 15.0 Å². The van der Waals surface area contributed by atoms with Crippen LogP contribution < -0.4 is 0 Å². The number of hydrogen-bond donors (Lipinski definition) is 0. The second kappa shape index (κ2) is 3.67. The predicted molar refractivity (Wildman–Crippen MR) is 49.3 cm³/mol. The fourth-order valence-corrected chi connectivity index (χ4v) is 1.02. The van der Waals surface area contributed by atoms with Gasteiger partial charge in [0, 0.05) is 18.6 Å². The fraction of sp³-hybridized carbons (Fsp3) is 0. The summed E-state index contributed by atoms with van der Waals surface area (Å²) in [7, 11) is 0. The molecule has 0 spiro atoms. The molecular formula is C9H5N5O. The summed E-state index contributed by atoms with van der Waals surface area (Å²) >= 11 is 0. The average molecular weight is 199 g/mol. The number of carbonyl (C=O) groups is 1. The zero-order valence-corrected chi connectivity index (χ0v) is 7.53. The Morgan fingerprint density at radius 1 is 1.33 bits per heavy atom. The van der Waals surface area contributed by atoms with Gasteiger partial charge in [-0.25, -0.2) is 15.0 Å². The van der Waals surface area contributed by atoms with Gasteiger partial charge in [-0.15, -0.1) is 0 Å². The molecule has 2 aromatic heterocycles. The Bertz CT molecular complexity index is 522. The van der Waals surface area contributed by atoms with Crippen molar-refractivity contribution in [2.75, 3.05) is 0 Å². The molecule has 0 N–H and O–H groups in total. The maximum Gasteiger partial charge on any atom is 0.234 e. The van der Waals surface area contributed by atoms with E-state index in [9.17, 15) is 4.79 Å². The zero-order chi connectivity index (χ0) is 10.7. The first-order chi connectivity index (χ1) is 7.33. The first-order valence-electron chi connectivity index (χ1n) is 4.05. The summed E-state index contributed by atoms with van der Waals surface area (Å²) < 4.78 is 1.51. The number of aromatic nitrogens is 4. The van der Waals surface area contributed by atoms with E-state index in [-0.39, 0.29) is 5.69 Å². The fourth-order valence-electron chi connectivity index (χ4n) is 1.02. The van der Waals surface area contributed by atoms with Gasteiger partial charge in [-0.05, 0) is 0 Å². The van der Waals surface area contributed by atoms with Crippen LogP contribution in [0.4, 0.5) is 0 Å². The van der Waals surface area contributed by atoms with Gasteiger partial charge >= 0.3 is 0 Å². The van der Waals surface area contributed by atoms with Crippen LogP contribution in [0.3, 0.4) is 0 Å². The third-order valence-electron chi connectivity index (χ3n) is 1.72. The molecule has 6 heteroatoms. The summed E-state index contributed by atoms with van der Waals surface area (Å²) in [5.41, 5.74) is 0.692. The molecule has 0 radical (unpaired) electrons. The molecule has 0 unspecified atom stereocenters. The van der Waals surface area contributed by atoms with Gasteiger partial charge in [0.2, 0.25) is 5.95 Å².